The van der Waals surface area contributed by atoms with Crippen LogP contribution in [0.1, 0.15) is 6.92 Å². The summed E-state index contributed by atoms with van der Waals surface area (Å²) in [6.45, 7) is 3.23. The van der Waals surface area contributed by atoms with Gasteiger partial charge in [0.15, 0.2) is 0 Å². The Morgan fingerprint density at radius 2 is 1.17 bits per heavy atom. The highest BCUT2D eigenvalue weighted by Gasteiger charge is 2.00. The minimum absolute atomic E-state index is 0.0417. The van der Waals surface area contributed by atoms with Gasteiger partial charge in [-0.05, 0) is 6.92 Å². The van der Waals surface area contributed by atoms with Crippen LogP contribution in [0.3, 0.4) is 0 Å². The number of carboxylic acids is 3. The second-order valence-electron chi connectivity index (χ2n) is 3.70. The molecule has 0 aromatic heterocycles. The first-order valence-corrected chi connectivity index (χ1v) is 7.12. The Morgan fingerprint density at radius 3 is 1.33 bits per heavy atom. The lowest BCUT2D eigenvalue weighted by molar-refractivity contribution is -0.136. The van der Waals surface area contributed by atoms with E-state index in [1.165, 1.54) is 6.92 Å². The van der Waals surface area contributed by atoms with Crippen molar-refractivity contribution in [3.63, 3.8) is 0 Å². The van der Waals surface area contributed by atoms with Gasteiger partial charge < -0.3 is 35.0 Å². The van der Waals surface area contributed by atoms with E-state index in [1.807, 2.05) is 0 Å². The first-order chi connectivity index (χ1) is 11.2. The van der Waals surface area contributed by atoms with Crippen LogP contribution in [0.5, 0.6) is 0 Å². The molecule has 10 nitrogen and oxygen atoms in total. The number of hydrogen-bond acceptors (Lipinski definition) is 8. The maximum atomic E-state index is 9.62. The largest absolute Gasteiger partial charge is 0.480 e. The fourth-order valence-corrected chi connectivity index (χ4v) is 0.594. The Balaban J connectivity index is -0.000000285. The molecule has 0 fully saturated rings. The van der Waals surface area contributed by atoms with E-state index < -0.39 is 23.2 Å². The quantitative estimate of drug-likeness (QED) is 0.160. The number of carbonyl (C=O) groups is 3. The number of aliphatic hydroxyl groups is 2. The number of carboxylic acid groups (broad SMARTS) is 3. The molecular weight excluding hydrogens is 348 g/mol. The second-order valence-corrected chi connectivity index (χ2v) is 4.47. The molecule has 11 heteroatoms. The number of aliphatic carboxylic acids is 3. The summed E-state index contributed by atoms with van der Waals surface area (Å²) < 4.78 is 9.75. The Bertz CT molecular complexity index is 333. The number of aliphatic hydroxyl groups excluding tert-OH is 2. The molecule has 0 aromatic carbocycles. The van der Waals surface area contributed by atoms with Gasteiger partial charge in [0.1, 0.15) is 0 Å². The van der Waals surface area contributed by atoms with Crippen molar-refractivity contribution in [3.8, 4) is 0 Å². The van der Waals surface area contributed by atoms with E-state index >= 15 is 0 Å². The monoisotopic (exact) mass is 372 g/mol. The number of hydrogen-bond donors (Lipinski definition) is 6. The van der Waals surface area contributed by atoms with E-state index in [9.17, 15) is 14.4 Å². The molecule has 142 valence electrons. The summed E-state index contributed by atoms with van der Waals surface area (Å²) in [6, 6.07) is 0. The van der Waals surface area contributed by atoms with Crippen molar-refractivity contribution in [1.82, 2.24) is 0 Å². The van der Waals surface area contributed by atoms with Gasteiger partial charge in [-0.1, -0.05) is 0 Å². The molecule has 0 rings (SSSR count). The van der Waals surface area contributed by atoms with E-state index in [2.05, 4.69) is 12.6 Å². The van der Waals surface area contributed by atoms with Gasteiger partial charge in [0, 0.05) is 12.2 Å². The third-order valence-electron chi connectivity index (χ3n) is 1.57. The van der Waals surface area contributed by atoms with E-state index in [-0.39, 0.29) is 13.2 Å². The summed E-state index contributed by atoms with van der Waals surface area (Å²) in [4.78, 5) is 28.7. The predicted octanol–water partition coefficient (Wildman–Crippen LogP) is -0.895. The Morgan fingerprint density at radius 1 is 0.875 bits per heavy atom. The lowest BCUT2D eigenvalue weighted by Crippen LogP contribution is -2.09. The van der Waals surface area contributed by atoms with Gasteiger partial charge in [0.2, 0.25) is 0 Å². The molecule has 0 spiro atoms. The molecule has 0 heterocycles. The van der Waals surface area contributed by atoms with Crippen LogP contribution in [0, 0.1) is 0 Å². The molecule has 0 amide bonds. The average molecular weight is 372 g/mol. The summed E-state index contributed by atoms with van der Waals surface area (Å²) in [6.07, 6.45) is 1.12. The minimum atomic E-state index is -1.26. The molecule has 0 aliphatic carbocycles. The van der Waals surface area contributed by atoms with Crippen LogP contribution in [-0.4, -0.2) is 88.3 Å². The van der Waals surface area contributed by atoms with E-state index in [0.717, 1.165) is 0 Å². The van der Waals surface area contributed by atoms with Crippen LogP contribution in [0.4, 0.5) is 0 Å². The SMILES string of the molecule is CC(S)C(=O)O.O=C(O)/C=C\C(=O)O.OCCOCCOCCO. The molecule has 0 saturated heterocycles. The van der Waals surface area contributed by atoms with Crippen molar-refractivity contribution in [2.24, 2.45) is 0 Å². The zero-order chi connectivity index (χ0) is 19.4. The molecule has 1 atom stereocenters. The summed E-state index contributed by atoms with van der Waals surface area (Å²) >= 11 is 3.59. The van der Waals surface area contributed by atoms with Gasteiger partial charge >= 0.3 is 17.9 Å². The molecule has 0 saturated carbocycles. The lowest BCUT2D eigenvalue weighted by Gasteiger charge is -2.01. The molecule has 0 aliphatic rings. The van der Waals surface area contributed by atoms with Crippen molar-refractivity contribution in [1.29, 1.82) is 0 Å². The third kappa shape index (κ3) is 37.0. The van der Waals surface area contributed by atoms with Gasteiger partial charge in [-0.15, -0.1) is 0 Å². The lowest BCUT2D eigenvalue weighted by atomic mass is 10.5. The molecule has 0 aromatic rings. The minimum Gasteiger partial charge on any atom is -0.480 e. The van der Waals surface area contributed by atoms with Crippen molar-refractivity contribution in [2.75, 3.05) is 39.6 Å². The van der Waals surface area contributed by atoms with Crippen LogP contribution in [0.15, 0.2) is 12.2 Å². The summed E-state index contributed by atoms with van der Waals surface area (Å²) in [5, 5.41) is 39.5. The van der Waals surface area contributed by atoms with Crippen LogP contribution >= 0.6 is 12.6 Å². The zero-order valence-electron chi connectivity index (χ0n) is 13.2. The summed E-state index contributed by atoms with van der Waals surface area (Å²) in [7, 11) is 0. The van der Waals surface area contributed by atoms with Gasteiger partial charge in [-0.3, -0.25) is 4.79 Å². The fourth-order valence-electron chi connectivity index (χ4n) is 0.594. The van der Waals surface area contributed by atoms with Gasteiger partial charge in [-0.2, -0.15) is 12.6 Å². The van der Waals surface area contributed by atoms with Gasteiger partial charge in [-0.25, -0.2) is 9.59 Å². The number of thiol groups is 1. The summed E-state index contributed by atoms with van der Waals surface area (Å²) in [5.74, 6) is -3.39. The smallest absolute Gasteiger partial charge is 0.328 e. The second kappa shape index (κ2) is 21.3. The Labute approximate surface area is 144 Å². The first-order valence-electron chi connectivity index (χ1n) is 6.61. The molecular formula is C13H24O10S. The molecule has 24 heavy (non-hydrogen) atoms. The van der Waals surface area contributed by atoms with Crippen LogP contribution in [0.2, 0.25) is 0 Å². The van der Waals surface area contributed by atoms with Crippen LogP contribution in [-0.2, 0) is 23.9 Å². The first kappa shape index (κ1) is 27.2. The summed E-state index contributed by atoms with van der Waals surface area (Å²) in [5.41, 5.74) is 0. The highest BCUT2D eigenvalue weighted by Crippen LogP contribution is 1.88. The topological polar surface area (TPSA) is 171 Å². The van der Waals surface area contributed by atoms with Crippen molar-refractivity contribution in [3.05, 3.63) is 12.2 Å². The van der Waals surface area contributed by atoms with Crippen molar-refractivity contribution in [2.45, 2.75) is 12.2 Å². The van der Waals surface area contributed by atoms with E-state index in [1.54, 1.807) is 0 Å². The van der Waals surface area contributed by atoms with Crippen molar-refractivity contribution < 1.29 is 49.4 Å². The van der Waals surface area contributed by atoms with Crippen molar-refractivity contribution >= 4 is 30.5 Å². The van der Waals surface area contributed by atoms with Crippen LogP contribution < -0.4 is 0 Å². The third-order valence-corrected chi connectivity index (χ3v) is 1.79. The molecule has 0 aliphatic heterocycles. The predicted molar refractivity (Wildman–Crippen MR) is 86.3 cm³/mol. The maximum Gasteiger partial charge on any atom is 0.328 e. The maximum absolute atomic E-state index is 9.62. The Hall–Kier alpha value is -1.66. The van der Waals surface area contributed by atoms with E-state index in [0.29, 0.717) is 38.6 Å². The molecule has 0 radical (unpaired) electrons. The van der Waals surface area contributed by atoms with Gasteiger partial charge in [0.25, 0.3) is 0 Å². The average Bonchev–Trinajstić information content (AvgIpc) is 2.50. The molecule has 5 N–H and O–H groups in total. The fraction of sp³-hybridized carbons (Fsp3) is 0.615. The van der Waals surface area contributed by atoms with Gasteiger partial charge in [0.05, 0.1) is 44.9 Å². The normalized spacial score (nSPS) is 10.8. The molecule has 0 bridgehead atoms. The highest BCUT2D eigenvalue weighted by molar-refractivity contribution is 7.81. The highest BCUT2D eigenvalue weighted by atomic mass is 32.1. The Kier molecular flexibility index (Phi) is 24.2. The van der Waals surface area contributed by atoms with E-state index in [4.69, 9.17) is 35.0 Å². The number of ether oxygens (including phenoxy) is 2. The zero-order valence-corrected chi connectivity index (χ0v) is 14.1. The standard InChI is InChI=1S/C6H14O4.C4H4O4.C3H6O2S/c7-1-3-9-5-6-10-4-2-8;5-3(6)1-2-4(7)8;1-2(6)3(4)5/h7-8H,1-6H2;1-2H,(H,5,6)(H,7,8);2,6H,1H3,(H,4,5)/b;2-1-;. The van der Waals surface area contributed by atoms with Crippen LogP contribution in [0.25, 0.3) is 0 Å². The number of rotatable bonds is 10. The molecule has 1 unspecified atom stereocenters.